The minimum atomic E-state index is 0. The number of para-hydroxylation sites is 2. The Morgan fingerprint density at radius 1 is 1.30 bits per heavy atom. The number of guanidine groups is 1. The summed E-state index contributed by atoms with van der Waals surface area (Å²) in [5, 5.41) is 0. The molecule has 0 aromatic heterocycles. The van der Waals surface area contributed by atoms with Crippen LogP contribution in [0.3, 0.4) is 0 Å². The van der Waals surface area contributed by atoms with Crippen molar-refractivity contribution in [2.24, 2.45) is 16.6 Å². The van der Waals surface area contributed by atoms with E-state index >= 15 is 0 Å². The quantitative estimate of drug-likeness (QED) is 0.458. The van der Waals surface area contributed by atoms with Crippen LogP contribution in [-0.2, 0) is 0 Å². The van der Waals surface area contributed by atoms with Gasteiger partial charge >= 0.3 is 0 Å². The molecule has 0 amide bonds. The van der Waals surface area contributed by atoms with Gasteiger partial charge in [0, 0.05) is 26.6 Å². The highest BCUT2D eigenvalue weighted by Crippen LogP contribution is 2.26. The molecule has 0 spiro atoms. The molecule has 114 valence electrons. The summed E-state index contributed by atoms with van der Waals surface area (Å²) < 4.78 is 11.0. The van der Waals surface area contributed by atoms with Crippen LogP contribution in [-0.4, -0.2) is 45.2 Å². The third-order valence-electron chi connectivity index (χ3n) is 2.62. The van der Waals surface area contributed by atoms with Gasteiger partial charge in [-0.15, -0.1) is 24.0 Å². The SMILES string of the molecule is COc1ccccc1OCC(C)CN=C(N)N(C)C.I. The highest BCUT2D eigenvalue weighted by atomic mass is 127. The van der Waals surface area contributed by atoms with E-state index in [1.165, 1.54) is 0 Å². The summed E-state index contributed by atoms with van der Waals surface area (Å²) in [6, 6.07) is 7.60. The van der Waals surface area contributed by atoms with E-state index in [0.717, 1.165) is 11.5 Å². The minimum absolute atomic E-state index is 0. The highest BCUT2D eigenvalue weighted by Gasteiger charge is 2.07. The van der Waals surface area contributed by atoms with Crippen LogP contribution in [0, 0.1) is 5.92 Å². The van der Waals surface area contributed by atoms with Crippen molar-refractivity contribution < 1.29 is 9.47 Å². The molecule has 1 atom stereocenters. The normalized spacial score (nSPS) is 12.3. The fraction of sp³-hybridized carbons (Fsp3) is 0.500. The predicted octanol–water partition coefficient (Wildman–Crippen LogP) is 2.20. The monoisotopic (exact) mass is 393 g/mol. The fourth-order valence-corrected chi connectivity index (χ4v) is 1.41. The van der Waals surface area contributed by atoms with Crippen molar-refractivity contribution in [3.05, 3.63) is 24.3 Å². The van der Waals surface area contributed by atoms with Crippen molar-refractivity contribution in [3.8, 4) is 11.5 Å². The van der Waals surface area contributed by atoms with Crippen molar-refractivity contribution in [3.63, 3.8) is 0 Å². The van der Waals surface area contributed by atoms with Crippen molar-refractivity contribution in [1.29, 1.82) is 0 Å². The lowest BCUT2D eigenvalue weighted by Gasteiger charge is -2.15. The molecule has 5 nitrogen and oxygen atoms in total. The average Bonchev–Trinajstić information content (AvgIpc) is 2.42. The van der Waals surface area contributed by atoms with Crippen LogP contribution in [0.2, 0.25) is 0 Å². The molecular formula is C14H24IN3O2. The van der Waals surface area contributed by atoms with Gasteiger partial charge in [0.15, 0.2) is 17.5 Å². The Balaban J connectivity index is 0.00000361. The maximum absolute atomic E-state index is 5.73. The van der Waals surface area contributed by atoms with Crippen molar-refractivity contribution in [2.45, 2.75) is 6.92 Å². The molecule has 0 saturated carbocycles. The lowest BCUT2D eigenvalue weighted by molar-refractivity contribution is 0.251. The van der Waals surface area contributed by atoms with Gasteiger partial charge in [0.1, 0.15) is 0 Å². The van der Waals surface area contributed by atoms with E-state index in [-0.39, 0.29) is 29.9 Å². The summed E-state index contributed by atoms with van der Waals surface area (Å²) in [5.41, 5.74) is 5.73. The number of benzene rings is 1. The average molecular weight is 393 g/mol. The number of hydrogen-bond acceptors (Lipinski definition) is 3. The van der Waals surface area contributed by atoms with Gasteiger partial charge in [0.05, 0.1) is 13.7 Å². The van der Waals surface area contributed by atoms with E-state index in [9.17, 15) is 0 Å². The van der Waals surface area contributed by atoms with Gasteiger partial charge in [-0.2, -0.15) is 0 Å². The summed E-state index contributed by atoms with van der Waals surface area (Å²) in [7, 11) is 5.37. The minimum Gasteiger partial charge on any atom is -0.493 e. The van der Waals surface area contributed by atoms with Crippen LogP contribution in [0.25, 0.3) is 0 Å². The summed E-state index contributed by atoms with van der Waals surface area (Å²) in [6.45, 7) is 3.28. The second kappa shape index (κ2) is 9.68. The first kappa shape index (κ1) is 18.8. The van der Waals surface area contributed by atoms with Gasteiger partial charge in [0.25, 0.3) is 0 Å². The van der Waals surface area contributed by atoms with E-state index in [1.807, 2.05) is 38.4 Å². The molecule has 6 heteroatoms. The Morgan fingerprint density at radius 2 is 1.90 bits per heavy atom. The molecule has 0 fully saturated rings. The molecule has 1 aromatic carbocycles. The third kappa shape index (κ3) is 6.31. The number of nitrogens with zero attached hydrogens (tertiary/aromatic N) is 2. The van der Waals surface area contributed by atoms with E-state index in [0.29, 0.717) is 19.1 Å². The molecule has 2 N–H and O–H groups in total. The van der Waals surface area contributed by atoms with Gasteiger partial charge < -0.3 is 20.1 Å². The lowest BCUT2D eigenvalue weighted by Crippen LogP contribution is -2.31. The lowest BCUT2D eigenvalue weighted by atomic mass is 10.2. The second-order valence-corrected chi connectivity index (χ2v) is 4.66. The fourth-order valence-electron chi connectivity index (χ4n) is 1.41. The van der Waals surface area contributed by atoms with E-state index in [4.69, 9.17) is 15.2 Å². The molecule has 0 heterocycles. The Kier molecular flexibility index (Phi) is 9.11. The molecule has 1 unspecified atom stereocenters. The zero-order valence-electron chi connectivity index (χ0n) is 12.5. The zero-order chi connectivity index (χ0) is 14.3. The Hall–Kier alpha value is -1.18. The van der Waals surface area contributed by atoms with Gasteiger partial charge in [-0.3, -0.25) is 4.99 Å². The number of ether oxygens (including phenoxy) is 2. The maximum Gasteiger partial charge on any atom is 0.190 e. The number of aliphatic imine (C=N–C) groups is 1. The number of nitrogens with two attached hydrogens (primary N) is 1. The standard InChI is InChI=1S/C14H23N3O2.HI/c1-11(9-16-14(15)17(2)3)10-19-13-8-6-5-7-12(13)18-4;/h5-8,11H,9-10H2,1-4H3,(H2,15,16);1H. The molecule has 1 aromatic rings. The Bertz CT molecular complexity index is 425. The van der Waals surface area contributed by atoms with Crippen LogP contribution in [0.4, 0.5) is 0 Å². The first-order valence-corrected chi connectivity index (χ1v) is 6.27. The molecule has 0 saturated heterocycles. The van der Waals surface area contributed by atoms with E-state index < -0.39 is 0 Å². The van der Waals surface area contributed by atoms with E-state index in [2.05, 4.69) is 11.9 Å². The molecule has 0 radical (unpaired) electrons. The molecule has 20 heavy (non-hydrogen) atoms. The van der Waals surface area contributed by atoms with Crippen molar-refractivity contribution in [1.82, 2.24) is 4.90 Å². The van der Waals surface area contributed by atoms with Gasteiger partial charge in [0.2, 0.25) is 0 Å². The molecule has 0 aliphatic rings. The number of hydrogen-bond donors (Lipinski definition) is 1. The van der Waals surface area contributed by atoms with E-state index in [1.54, 1.807) is 12.0 Å². The summed E-state index contributed by atoms with van der Waals surface area (Å²) in [5.74, 6) is 2.31. The summed E-state index contributed by atoms with van der Waals surface area (Å²) in [4.78, 5) is 6.07. The first-order chi connectivity index (χ1) is 9.04. The zero-order valence-corrected chi connectivity index (χ0v) is 14.8. The smallest absolute Gasteiger partial charge is 0.190 e. The summed E-state index contributed by atoms with van der Waals surface area (Å²) in [6.07, 6.45) is 0. The Morgan fingerprint density at radius 3 is 2.45 bits per heavy atom. The predicted molar refractivity (Wildman–Crippen MR) is 93.2 cm³/mol. The number of halogens is 1. The van der Waals surface area contributed by atoms with Gasteiger partial charge in [-0.05, 0) is 12.1 Å². The third-order valence-corrected chi connectivity index (χ3v) is 2.62. The molecule has 0 aliphatic carbocycles. The molecule has 0 aliphatic heterocycles. The second-order valence-electron chi connectivity index (χ2n) is 4.66. The summed E-state index contributed by atoms with van der Waals surface area (Å²) >= 11 is 0. The van der Waals surface area contributed by atoms with Crippen molar-refractivity contribution in [2.75, 3.05) is 34.4 Å². The number of methoxy groups -OCH3 is 1. The van der Waals surface area contributed by atoms with Crippen LogP contribution >= 0.6 is 24.0 Å². The van der Waals surface area contributed by atoms with Gasteiger partial charge in [-0.25, -0.2) is 0 Å². The first-order valence-electron chi connectivity index (χ1n) is 6.27. The van der Waals surface area contributed by atoms with Crippen LogP contribution in [0.1, 0.15) is 6.92 Å². The maximum atomic E-state index is 5.73. The van der Waals surface area contributed by atoms with Crippen LogP contribution < -0.4 is 15.2 Å². The van der Waals surface area contributed by atoms with Crippen molar-refractivity contribution >= 4 is 29.9 Å². The Labute approximate surface area is 138 Å². The molecular weight excluding hydrogens is 369 g/mol. The van der Waals surface area contributed by atoms with Crippen LogP contribution in [0.15, 0.2) is 29.3 Å². The molecule has 1 rings (SSSR count). The van der Waals surface area contributed by atoms with Gasteiger partial charge in [-0.1, -0.05) is 19.1 Å². The topological polar surface area (TPSA) is 60.1 Å². The highest BCUT2D eigenvalue weighted by molar-refractivity contribution is 14.0. The van der Waals surface area contributed by atoms with Crippen LogP contribution in [0.5, 0.6) is 11.5 Å². The largest absolute Gasteiger partial charge is 0.493 e. The number of rotatable bonds is 6. The molecule has 0 bridgehead atoms.